The minimum Gasteiger partial charge on any atom is -0.388 e. The van der Waals surface area contributed by atoms with E-state index in [0.29, 0.717) is 14.2 Å². The van der Waals surface area contributed by atoms with Crippen molar-refractivity contribution in [1.82, 2.24) is 19.1 Å². The second-order valence-electron chi connectivity index (χ2n) is 10.4. The van der Waals surface area contributed by atoms with E-state index >= 15 is 0 Å². The molecule has 0 radical (unpaired) electrons. The number of phosphoric ester groups is 2. The van der Waals surface area contributed by atoms with Crippen LogP contribution in [0.3, 0.4) is 0 Å². The number of ether oxygens (including phenoxy) is 2. The first-order valence-corrected chi connectivity index (χ1v) is 20.2. The van der Waals surface area contributed by atoms with E-state index in [1.54, 1.807) is 0 Å². The topological polar surface area (TPSA) is 340 Å². The second kappa shape index (κ2) is 17.0. The van der Waals surface area contributed by atoms with E-state index in [2.05, 4.69) is 13.6 Å². The van der Waals surface area contributed by atoms with Crippen LogP contribution in [0.2, 0.25) is 0 Å². The van der Waals surface area contributed by atoms with Gasteiger partial charge >= 0.3 is 42.7 Å². The summed E-state index contributed by atoms with van der Waals surface area (Å²) in [5, 5.41) is 31.2. The molecular weight excluding hydrogens is 796 g/mol. The van der Waals surface area contributed by atoms with Gasteiger partial charge in [0.15, 0.2) is 12.5 Å². The average molecular weight is 830 g/mol. The fourth-order valence-electron chi connectivity index (χ4n) is 4.53. The summed E-state index contributed by atoms with van der Waals surface area (Å²) in [6.45, 7) is -1.64. The Bertz CT molecular complexity index is 2000. The fraction of sp³-hybridized carbons (Fsp3) is 0.636. The minimum absolute atomic E-state index is 0.203. The van der Waals surface area contributed by atoms with Crippen LogP contribution in [0.1, 0.15) is 18.9 Å². The number of rotatable bonds is 18. The predicted octanol–water partition coefficient (Wildman–Crippen LogP) is -0.545. The Morgan fingerprint density at radius 3 is 1.58 bits per heavy atom. The molecule has 30 heteroatoms. The molecule has 2 aliphatic rings. The quantitative estimate of drug-likeness (QED) is 0.118. The molecule has 2 aromatic rings. The van der Waals surface area contributed by atoms with Gasteiger partial charge in [0.1, 0.15) is 24.4 Å². The number of aliphatic hydroxyl groups excluding tert-OH is 3. The lowest BCUT2D eigenvalue weighted by Crippen LogP contribution is -2.37. The summed E-state index contributed by atoms with van der Waals surface area (Å²) in [6, 6.07) is 1.95. The van der Waals surface area contributed by atoms with Crippen LogP contribution in [0.15, 0.2) is 43.7 Å². The number of nitrogens with one attached hydrogen (secondary N) is 2. The summed E-state index contributed by atoms with van der Waals surface area (Å²) in [4.78, 5) is 50.9. The first kappa shape index (κ1) is 42.5. The number of phosphoric acid groups is 4. The van der Waals surface area contributed by atoms with E-state index in [9.17, 15) is 52.8 Å². The molecule has 2 aromatic heterocycles. The number of aromatic amines is 2. The van der Waals surface area contributed by atoms with Crippen molar-refractivity contribution in [2.75, 3.05) is 41.7 Å². The fourth-order valence-corrected chi connectivity index (χ4v) is 11.1. The molecular formula is C22H34N4O22P4. The summed E-state index contributed by atoms with van der Waals surface area (Å²) in [6.07, 6.45) is -8.53. The second-order valence-corrected chi connectivity index (χ2v) is 17.9. The molecule has 4 heterocycles. The molecule has 0 aliphatic carbocycles. The average Bonchev–Trinajstić information content (AvgIpc) is 3.60. The van der Waals surface area contributed by atoms with Crippen molar-refractivity contribution in [3.8, 4) is 0 Å². The third-order valence-corrected chi connectivity index (χ3v) is 14.6. The van der Waals surface area contributed by atoms with Crippen LogP contribution in [0.5, 0.6) is 0 Å². The van der Waals surface area contributed by atoms with Gasteiger partial charge in [0.25, 0.3) is 11.1 Å². The largest absolute Gasteiger partial charge is 0.492 e. The predicted molar refractivity (Wildman–Crippen MR) is 167 cm³/mol. The highest BCUT2D eigenvalue weighted by Crippen LogP contribution is 2.76. The van der Waals surface area contributed by atoms with Crippen LogP contribution < -0.4 is 22.5 Å². The zero-order chi connectivity index (χ0) is 38.6. The van der Waals surface area contributed by atoms with E-state index < -0.39 is 110 Å². The summed E-state index contributed by atoms with van der Waals surface area (Å²) in [5.74, 6) is 0. The maximum Gasteiger partial charge on any atom is 0.492 e. The Balaban J connectivity index is 1.40. The van der Waals surface area contributed by atoms with Crippen LogP contribution in [-0.4, -0.2) is 107 Å². The molecule has 11 atom stereocenters. The van der Waals surface area contributed by atoms with Gasteiger partial charge in [-0.15, -0.1) is 0 Å². The SMILES string of the molecule is COP(=O)(OC[C@@H]1C[C@@H](O)[C@H](n2ccc(=O)[nH]c2=O)O1)OP(=O)(OC)OP(=O)(OC)OP(=O)(OC)OC[C@H]1O[C@@H](n2ccc(=O)[nH]c2=O)[C@H](O)[C@@H]1O. The Morgan fingerprint density at radius 2 is 1.12 bits per heavy atom. The van der Waals surface area contributed by atoms with Crippen molar-refractivity contribution in [2.45, 2.75) is 49.4 Å². The van der Waals surface area contributed by atoms with Crippen LogP contribution in [0.25, 0.3) is 0 Å². The van der Waals surface area contributed by atoms with Crippen LogP contribution in [-0.2, 0) is 67.8 Å². The number of hydrogen-bond donors (Lipinski definition) is 5. The van der Waals surface area contributed by atoms with Crippen molar-refractivity contribution < 1.29 is 83.1 Å². The van der Waals surface area contributed by atoms with Crippen LogP contribution in [0, 0.1) is 0 Å². The van der Waals surface area contributed by atoms with Gasteiger partial charge in [-0.2, -0.15) is 12.9 Å². The van der Waals surface area contributed by atoms with Crippen molar-refractivity contribution >= 4 is 31.3 Å². The maximum atomic E-state index is 13.4. The van der Waals surface area contributed by atoms with E-state index in [-0.39, 0.29) is 6.42 Å². The standard InChI is InChI=1S/C22H34N4O22P4/c1-38-49(34,42-10-12-9-13(27)19(44-12)25-7-5-15(28)23-21(25)32)46-51(36,40-3)48-52(37,41-4)47-50(35,39-2)43-11-14-17(30)18(31)20(45-14)26-8-6-16(29)24-22(26)33/h5-8,12-14,17-20,27,30-31H,9-11H2,1-4H3,(H,23,28,32)(H,24,29,33)/t12-,13+,14+,17+,18+,19+,20+,49?,50?,51?,52?/m0/s1. The van der Waals surface area contributed by atoms with Gasteiger partial charge in [-0.1, -0.05) is 0 Å². The smallest absolute Gasteiger partial charge is 0.388 e. The van der Waals surface area contributed by atoms with Gasteiger partial charge in [-0.05, 0) is 0 Å². The highest BCUT2D eigenvalue weighted by Gasteiger charge is 2.51. The molecule has 26 nitrogen and oxygen atoms in total. The molecule has 0 aromatic carbocycles. The maximum absolute atomic E-state index is 13.4. The minimum atomic E-state index is -5.44. The summed E-state index contributed by atoms with van der Waals surface area (Å²) < 4.78 is 109. The van der Waals surface area contributed by atoms with Gasteiger partial charge in [-0.25, -0.2) is 27.8 Å². The number of H-pyrrole nitrogens is 2. The van der Waals surface area contributed by atoms with Gasteiger partial charge < -0.3 is 24.8 Å². The first-order chi connectivity index (χ1) is 24.3. The third-order valence-electron chi connectivity index (χ3n) is 7.06. The van der Waals surface area contributed by atoms with E-state index in [0.717, 1.165) is 47.9 Å². The molecule has 4 rings (SSSR count). The molecule has 0 bridgehead atoms. The van der Waals surface area contributed by atoms with Crippen LogP contribution in [0.4, 0.5) is 0 Å². The highest BCUT2D eigenvalue weighted by atomic mass is 31.3. The van der Waals surface area contributed by atoms with Crippen molar-refractivity contribution in [3.05, 3.63) is 66.2 Å². The molecule has 0 spiro atoms. The Morgan fingerprint density at radius 1 is 0.673 bits per heavy atom. The molecule has 5 N–H and O–H groups in total. The number of aromatic nitrogens is 4. The molecule has 2 aliphatic heterocycles. The van der Waals surface area contributed by atoms with Crippen molar-refractivity contribution in [3.63, 3.8) is 0 Å². The lowest BCUT2D eigenvalue weighted by Gasteiger charge is -2.26. The van der Waals surface area contributed by atoms with Gasteiger partial charge in [-0.3, -0.25) is 55.8 Å². The number of nitrogens with zero attached hydrogens (tertiary/aromatic N) is 2. The van der Waals surface area contributed by atoms with E-state index in [1.807, 2.05) is 9.97 Å². The van der Waals surface area contributed by atoms with E-state index in [1.165, 1.54) is 0 Å². The number of hydrogen-bond acceptors (Lipinski definition) is 22. The van der Waals surface area contributed by atoms with Crippen molar-refractivity contribution in [1.29, 1.82) is 0 Å². The number of aliphatic hydroxyl groups is 3. The normalized spacial score (nSPS) is 29.6. The molecule has 0 amide bonds. The molecule has 2 fully saturated rings. The molecule has 52 heavy (non-hydrogen) atoms. The zero-order valence-electron chi connectivity index (χ0n) is 27.3. The molecule has 294 valence electrons. The van der Waals surface area contributed by atoms with E-state index in [4.69, 9.17) is 36.0 Å². The van der Waals surface area contributed by atoms with Gasteiger partial charge in [0, 0.05) is 59.4 Å². The first-order valence-electron chi connectivity index (χ1n) is 14.4. The zero-order valence-corrected chi connectivity index (χ0v) is 30.8. The monoisotopic (exact) mass is 830 g/mol. The summed E-state index contributed by atoms with van der Waals surface area (Å²) in [5.41, 5.74) is -3.35. The van der Waals surface area contributed by atoms with Gasteiger partial charge in [0.2, 0.25) is 0 Å². The summed E-state index contributed by atoms with van der Waals surface area (Å²) >= 11 is 0. The van der Waals surface area contributed by atoms with Crippen LogP contribution >= 0.6 is 31.3 Å². The molecule has 4 unspecified atom stereocenters. The Labute approximate surface area is 290 Å². The lowest BCUT2D eigenvalue weighted by atomic mass is 10.1. The highest BCUT2D eigenvalue weighted by molar-refractivity contribution is 7.70. The molecule has 0 saturated carbocycles. The Kier molecular flexibility index (Phi) is 13.9. The molecule has 2 saturated heterocycles. The van der Waals surface area contributed by atoms with Gasteiger partial charge in [0.05, 0.1) is 19.3 Å². The Hall–Kier alpha value is -2.28. The summed E-state index contributed by atoms with van der Waals surface area (Å²) in [7, 11) is -18.1. The van der Waals surface area contributed by atoms with Crippen molar-refractivity contribution in [2.24, 2.45) is 0 Å². The third kappa shape index (κ3) is 10.1. The lowest BCUT2D eigenvalue weighted by molar-refractivity contribution is -0.0547.